The fourth-order valence-electron chi connectivity index (χ4n) is 3.12. The van der Waals surface area contributed by atoms with Crippen LogP contribution in [0.5, 0.6) is 0 Å². The van der Waals surface area contributed by atoms with Crippen LogP contribution in [0.15, 0.2) is 17.5 Å². The SMILES string of the molecule is CCNC(c1cc2sccc2s1)C1CCCCC1. The maximum absolute atomic E-state index is 3.73. The minimum absolute atomic E-state index is 0.597. The summed E-state index contributed by atoms with van der Waals surface area (Å²) in [7, 11) is 0. The molecule has 1 unspecified atom stereocenters. The van der Waals surface area contributed by atoms with Gasteiger partial charge in [0.15, 0.2) is 0 Å². The lowest BCUT2D eigenvalue weighted by atomic mass is 9.83. The second-order valence-corrected chi connectivity index (χ2v) is 7.29. The molecule has 1 atom stereocenters. The lowest BCUT2D eigenvalue weighted by molar-refractivity contribution is 0.277. The third-order valence-electron chi connectivity index (χ3n) is 4.01. The molecule has 3 rings (SSSR count). The fraction of sp³-hybridized carbons (Fsp3) is 0.600. The average molecular weight is 279 g/mol. The van der Waals surface area contributed by atoms with Gasteiger partial charge < -0.3 is 5.32 Å². The molecule has 2 heterocycles. The highest BCUT2D eigenvalue weighted by Crippen LogP contribution is 2.40. The summed E-state index contributed by atoms with van der Waals surface area (Å²) in [6.07, 6.45) is 7.10. The maximum atomic E-state index is 3.73. The Balaban J connectivity index is 1.85. The minimum Gasteiger partial charge on any atom is -0.309 e. The van der Waals surface area contributed by atoms with Crippen LogP contribution >= 0.6 is 22.7 Å². The van der Waals surface area contributed by atoms with Gasteiger partial charge in [-0.2, -0.15) is 0 Å². The van der Waals surface area contributed by atoms with Crippen molar-refractivity contribution in [2.24, 2.45) is 5.92 Å². The van der Waals surface area contributed by atoms with E-state index in [9.17, 15) is 0 Å². The zero-order valence-corrected chi connectivity index (χ0v) is 12.6. The molecule has 18 heavy (non-hydrogen) atoms. The Morgan fingerprint density at radius 1 is 1.28 bits per heavy atom. The summed E-state index contributed by atoms with van der Waals surface area (Å²) >= 11 is 3.87. The first-order chi connectivity index (χ1) is 8.88. The zero-order chi connectivity index (χ0) is 12.4. The van der Waals surface area contributed by atoms with Gasteiger partial charge in [-0.3, -0.25) is 0 Å². The van der Waals surface area contributed by atoms with Crippen molar-refractivity contribution >= 4 is 32.1 Å². The van der Waals surface area contributed by atoms with Gasteiger partial charge in [0, 0.05) is 20.3 Å². The third-order valence-corrected chi connectivity index (χ3v) is 6.19. The summed E-state index contributed by atoms with van der Waals surface area (Å²) < 4.78 is 2.93. The maximum Gasteiger partial charge on any atom is 0.0454 e. The van der Waals surface area contributed by atoms with Crippen molar-refractivity contribution in [1.29, 1.82) is 0 Å². The van der Waals surface area contributed by atoms with Gasteiger partial charge >= 0.3 is 0 Å². The molecule has 1 aliphatic carbocycles. The molecule has 0 amide bonds. The quantitative estimate of drug-likeness (QED) is 0.811. The Hall–Kier alpha value is -0.380. The molecule has 0 spiro atoms. The van der Waals surface area contributed by atoms with Crippen molar-refractivity contribution in [2.75, 3.05) is 6.54 Å². The number of rotatable bonds is 4. The smallest absolute Gasteiger partial charge is 0.0454 e. The van der Waals surface area contributed by atoms with Crippen molar-refractivity contribution in [3.63, 3.8) is 0 Å². The highest BCUT2D eigenvalue weighted by atomic mass is 32.1. The van der Waals surface area contributed by atoms with E-state index in [4.69, 9.17) is 0 Å². The van der Waals surface area contributed by atoms with Crippen LogP contribution in [0.4, 0.5) is 0 Å². The Bertz CT molecular complexity index is 465. The summed E-state index contributed by atoms with van der Waals surface area (Å²) in [6.45, 7) is 3.30. The van der Waals surface area contributed by atoms with E-state index in [0.29, 0.717) is 6.04 Å². The molecule has 0 radical (unpaired) electrons. The van der Waals surface area contributed by atoms with Crippen LogP contribution < -0.4 is 5.32 Å². The second-order valence-electron chi connectivity index (χ2n) is 5.23. The molecule has 1 aliphatic rings. The molecule has 0 aliphatic heterocycles. The van der Waals surface area contributed by atoms with Gasteiger partial charge in [0.05, 0.1) is 0 Å². The van der Waals surface area contributed by atoms with E-state index in [1.807, 2.05) is 22.7 Å². The summed E-state index contributed by atoms with van der Waals surface area (Å²) in [5.41, 5.74) is 0. The Morgan fingerprint density at radius 3 is 2.83 bits per heavy atom. The zero-order valence-electron chi connectivity index (χ0n) is 10.9. The second kappa shape index (κ2) is 5.72. The molecule has 2 aromatic rings. The molecule has 3 heteroatoms. The van der Waals surface area contributed by atoms with Crippen LogP contribution in [0, 0.1) is 5.92 Å². The van der Waals surface area contributed by atoms with Crippen molar-refractivity contribution in [2.45, 2.75) is 45.1 Å². The minimum atomic E-state index is 0.597. The van der Waals surface area contributed by atoms with E-state index in [-0.39, 0.29) is 0 Å². The van der Waals surface area contributed by atoms with Crippen LogP contribution in [0.25, 0.3) is 9.40 Å². The van der Waals surface area contributed by atoms with E-state index >= 15 is 0 Å². The highest BCUT2D eigenvalue weighted by molar-refractivity contribution is 7.26. The standard InChI is InChI=1S/C15H21NS2/c1-2-16-15(11-6-4-3-5-7-11)14-10-13-12(18-14)8-9-17-13/h8-11,15-16H,2-7H2,1H3. The Kier molecular flexibility index (Phi) is 4.02. The molecule has 1 nitrogen and oxygen atoms in total. The van der Waals surface area contributed by atoms with Gasteiger partial charge in [0.2, 0.25) is 0 Å². The fourth-order valence-corrected chi connectivity index (χ4v) is 5.41. The third kappa shape index (κ3) is 2.49. The van der Waals surface area contributed by atoms with Gasteiger partial charge in [0.1, 0.15) is 0 Å². The lowest BCUT2D eigenvalue weighted by Crippen LogP contribution is -2.28. The van der Waals surface area contributed by atoms with Gasteiger partial charge in [-0.05, 0) is 42.8 Å². The highest BCUT2D eigenvalue weighted by Gasteiger charge is 2.25. The van der Waals surface area contributed by atoms with Crippen molar-refractivity contribution in [3.05, 3.63) is 22.4 Å². The number of hydrogen-bond donors (Lipinski definition) is 1. The largest absolute Gasteiger partial charge is 0.309 e. The summed E-state index contributed by atoms with van der Waals surface area (Å²) in [4.78, 5) is 1.56. The summed E-state index contributed by atoms with van der Waals surface area (Å²) in [5, 5.41) is 5.94. The van der Waals surface area contributed by atoms with Crippen LogP contribution in [0.3, 0.4) is 0 Å². The van der Waals surface area contributed by atoms with Gasteiger partial charge in [-0.1, -0.05) is 26.2 Å². The van der Waals surface area contributed by atoms with Gasteiger partial charge in [-0.25, -0.2) is 0 Å². The number of thiophene rings is 2. The molecule has 1 saturated carbocycles. The first-order valence-electron chi connectivity index (χ1n) is 7.09. The van der Waals surface area contributed by atoms with Crippen molar-refractivity contribution < 1.29 is 0 Å². The summed E-state index contributed by atoms with van der Waals surface area (Å²) in [5.74, 6) is 0.853. The first kappa shape index (κ1) is 12.6. The topological polar surface area (TPSA) is 12.0 Å². The number of nitrogens with one attached hydrogen (secondary N) is 1. The predicted octanol–water partition coefficient (Wildman–Crippen LogP) is 5.19. The molecule has 98 valence electrons. The first-order valence-corrected chi connectivity index (χ1v) is 8.78. The van der Waals surface area contributed by atoms with Crippen LogP contribution in [0.1, 0.15) is 49.9 Å². The lowest BCUT2D eigenvalue weighted by Gasteiger charge is -2.30. The molecule has 0 bridgehead atoms. The van der Waals surface area contributed by atoms with Crippen molar-refractivity contribution in [1.82, 2.24) is 5.32 Å². The Labute approximate surface area is 117 Å². The monoisotopic (exact) mass is 279 g/mol. The van der Waals surface area contributed by atoms with Gasteiger partial charge in [-0.15, -0.1) is 22.7 Å². The molecule has 0 saturated heterocycles. The predicted molar refractivity (Wildman–Crippen MR) is 82.7 cm³/mol. The van der Waals surface area contributed by atoms with Crippen LogP contribution in [0.2, 0.25) is 0 Å². The van der Waals surface area contributed by atoms with E-state index in [1.165, 1.54) is 41.5 Å². The summed E-state index contributed by atoms with van der Waals surface area (Å²) in [6, 6.07) is 5.28. The normalized spacial score (nSPS) is 19.4. The number of fused-ring (bicyclic) bond motifs is 1. The molecule has 1 fully saturated rings. The Morgan fingerprint density at radius 2 is 2.11 bits per heavy atom. The molecular weight excluding hydrogens is 258 g/mol. The van der Waals surface area contributed by atoms with E-state index in [1.54, 1.807) is 4.88 Å². The molecule has 2 aromatic heterocycles. The van der Waals surface area contributed by atoms with E-state index in [0.717, 1.165) is 12.5 Å². The van der Waals surface area contributed by atoms with Crippen LogP contribution in [-0.2, 0) is 0 Å². The van der Waals surface area contributed by atoms with E-state index in [2.05, 4.69) is 29.8 Å². The number of hydrogen-bond acceptors (Lipinski definition) is 3. The average Bonchev–Trinajstić information content (AvgIpc) is 2.97. The molecular formula is C15H21NS2. The molecule has 1 N–H and O–H groups in total. The molecule has 0 aromatic carbocycles. The van der Waals surface area contributed by atoms with Gasteiger partial charge in [0.25, 0.3) is 0 Å². The van der Waals surface area contributed by atoms with Crippen molar-refractivity contribution in [3.8, 4) is 0 Å². The van der Waals surface area contributed by atoms with E-state index < -0.39 is 0 Å². The van der Waals surface area contributed by atoms with Crippen LogP contribution in [-0.4, -0.2) is 6.54 Å².